The van der Waals surface area contributed by atoms with Gasteiger partial charge in [0.15, 0.2) is 0 Å². The number of carboxylic acid groups (broad SMARTS) is 1. The molecule has 2 N–H and O–H groups in total. The molecular weight excluding hydrogens is 249 g/mol. The fraction of sp³-hybridized carbons (Fsp3) is 0.364. The molecule has 88 valence electrons. The number of benzene rings is 1. The zero-order chi connectivity index (χ0) is 12.1. The predicted molar refractivity (Wildman–Crippen MR) is 65.1 cm³/mol. The van der Waals surface area contributed by atoms with E-state index in [2.05, 4.69) is 5.32 Å². The minimum Gasteiger partial charge on any atom is -0.481 e. The lowest BCUT2D eigenvalue weighted by atomic mass is 10.1. The molecule has 0 amide bonds. The van der Waals surface area contributed by atoms with Gasteiger partial charge in [-0.05, 0) is 24.6 Å². The number of aliphatic carboxylic acids is 1. The third-order valence-electron chi connectivity index (χ3n) is 2.23. The molecule has 0 aromatic heterocycles. The maximum atomic E-state index is 10.3. The monoisotopic (exact) mass is 261 g/mol. The van der Waals surface area contributed by atoms with Gasteiger partial charge in [-0.2, -0.15) is 0 Å². The third-order valence-corrected chi connectivity index (χ3v) is 2.97. The Morgan fingerprint density at radius 1 is 1.44 bits per heavy atom. The molecule has 0 aliphatic heterocycles. The first-order chi connectivity index (χ1) is 7.50. The highest BCUT2D eigenvalue weighted by Crippen LogP contribution is 2.25. The van der Waals surface area contributed by atoms with E-state index in [1.807, 2.05) is 13.0 Å². The van der Waals surface area contributed by atoms with Crippen LogP contribution in [0.5, 0.6) is 0 Å². The van der Waals surface area contributed by atoms with Gasteiger partial charge in [0.25, 0.3) is 0 Å². The molecule has 0 fully saturated rings. The number of hydrogen-bond donors (Lipinski definition) is 2. The number of rotatable bonds is 5. The Labute approximate surface area is 104 Å². The van der Waals surface area contributed by atoms with E-state index in [-0.39, 0.29) is 12.5 Å². The van der Waals surface area contributed by atoms with Gasteiger partial charge in [-0.3, -0.25) is 4.79 Å². The van der Waals surface area contributed by atoms with Gasteiger partial charge in [-0.1, -0.05) is 29.3 Å². The van der Waals surface area contributed by atoms with Crippen molar-refractivity contribution in [1.29, 1.82) is 0 Å². The van der Waals surface area contributed by atoms with Crippen molar-refractivity contribution in [2.75, 3.05) is 6.54 Å². The summed E-state index contributed by atoms with van der Waals surface area (Å²) in [6.07, 6.45) is 0.103. The summed E-state index contributed by atoms with van der Waals surface area (Å²) in [7, 11) is 0. The first-order valence-corrected chi connectivity index (χ1v) is 5.66. The van der Waals surface area contributed by atoms with Crippen molar-refractivity contribution in [3.63, 3.8) is 0 Å². The van der Waals surface area contributed by atoms with Crippen molar-refractivity contribution in [3.8, 4) is 0 Å². The van der Waals surface area contributed by atoms with E-state index < -0.39 is 5.97 Å². The SMILES string of the molecule is CC(NCCC(=O)O)c1ccc(Cl)c(Cl)c1. The molecular formula is C11H13Cl2NO2. The van der Waals surface area contributed by atoms with E-state index in [4.69, 9.17) is 28.3 Å². The van der Waals surface area contributed by atoms with Crippen LogP contribution in [0.4, 0.5) is 0 Å². The Morgan fingerprint density at radius 3 is 2.69 bits per heavy atom. The van der Waals surface area contributed by atoms with Crippen LogP contribution < -0.4 is 5.32 Å². The summed E-state index contributed by atoms with van der Waals surface area (Å²) in [6, 6.07) is 5.43. The number of carbonyl (C=O) groups is 1. The first kappa shape index (κ1) is 13.3. The molecule has 3 nitrogen and oxygen atoms in total. The average molecular weight is 262 g/mol. The van der Waals surface area contributed by atoms with Gasteiger partial charge in [0.2, 0.25) is 0 Å². The van der Waals surface area contributed by atoms with E-state index in [9.17, 15) is 4.79 Å². The van der Waals surface area contributed by atoms with Crippen LogP contribution in [0.3, 0.4) is 0 Å². The zero-order valence-corrected chi connectivity index (χ0v) is 10.3. The summed E-state index contributed by atoms with van der Waals surface area (Å²) < 4.78 is 0. The van der Waals surface area contributed by atoms with Crippen molar-refractivity contribution >= 4 is 29.2 Å². The standard InChI is InChI=1S/C11H13Cl2NO2/c1-7(14-5-4-11(15)16)8-2-3-9(12)10(13)6-8/h2-3,6-7,14H,4-5H2,1H3,(H,15,16). The third kappa shape index (κ3) is 4.00. The zero-order valence-electron chi connectivity index (χ0n) is 8.84. The smallest absolute Gasteiger partial charge is 0.304 e. The number of carboxylic acids is 1. The molecule has 16 heavy (non-hydrogen) atoms. The van der Waals surface area contributed by atoms with Gasteiger partial charge in [-0.25, -0.2) is 0 Å². The van der Waals surface area contributed by atoms with Gasteiger partial charge < -0.3 is 10.4 Å². The van der Waals surface area contributed by atoms with Crippen LogP contribution in [0.25, 0.3) is 0 Å². The second-order valence-electron chi connectivity index (χ2n) is 3.49. The van der Waals surface area contributed by atoms with Crippen LogP contribution >= 0.6 is 23.2 Å². The molecule has 0 radical (unpaired) electrons. The van der Waals surface area contributed by atoms with Gasteiger partial charge in [0.1, 0.15) is 0 Å². The summed E-state index contributed by atoms with van der Waals surface area (Å²) >= 11 is 11.7. The average Bonchev–Trinajstić information content (AvgIpc) is 2.21. The normalized spacial score (nSPS) is 12.4. The van der Waals surface area contributed by atoms with E-state index >= 15 is 0 Å². The second kappa shape index (κ2) is 6.09. The van der Waals surface area contributed by atoms with Crippen molar-refractivity contribution in [3.05, 3.63) is 33.8 Å². The number of halogens is 2. The summed E-state index contributed by atoms with van der Waals surface area (Å²) in [4.78, 5) is 10.3. The molecule has 1 aromatic rings. The van der Waals surface area contributed by atoms with Crippen molar-refractivity contribution in [1.82, 2.24) is 5.32 Å². The summed E-state index contributed by atoms with van der Waals surface area (Å²) in [5.74, 6) is -0.811. The minimum absolute atomic E-state index is 0.0501. The van der Waals surface area contributed by atoms with Crippen LogP contribution in [0, 0.1) is 0 Å². The van der Waals surface area contributed by atoms with Crippen LogP contribution in [0.1, 0.15) is 24.9 Å². The number of hydrogen-bond acceptors (Lipinski definition) is 2. The highest BCUT2D eigenvalue weighted by atomic mass is 35.5. The molecule has 0 spiro atoms. The predicted octanol–water partition coefficient (Wildman–Crippen LogP) is 3.12. The fourth-order valence-electron chi connectivity index (χ4n) is 1.30. The molecule has 1 atom stereocenters. The Bertz CT molecular complexity index is 382. The molecule has 5 heteroatoms. The molecule has 1 rings (SSSR count). The fourth-order valence-corrected chi connectivity index (χ4v) is 1.60. The summed E-state index contributed by atoms with van der Waals surface area (Å²) in [5.41, 5.74) is 0.986. The Morgan fingerprint density at radius 2 is 2.12 bits per heavy atom. The maximum absolute atomic E-state index is 10.3. The Kier molecular flexibility index (Phi) is 5.06. The Balaban J connectivity index is 2.55. The highest BCUT2D eigenvalue weighted by molar-refractivity contribution is 6.42. The second-order valence-corrected chi connectivity index (χ2v) is 4.31. The Hall–Kier alpha value is -0.770. The van der Waals surface area contributed by atoms with E-state index in [1.54, 1.807) is 12.1 Å². The van der Waals surface area contributed by atoms with Crippen molar-refractivity contribution < 1.29 is 9.90 Å². The topological polar surface area (TPSA) is 49.3 Å². The van der Waals surface area contributed by atoms with Gasteiger partial charge in [0, 0.05) is 12.6 Å². The molecule has 1 unspecified atom stereocenters. The lowest BCUT2D eigenvalue weighted by molar-refractivity contribution is -0.136. The van der Waals surface area contributed by atoms with E-state index in [0.717, 1.165) is 5.56 Å². The molecule has 0 bridgehead atoms. The largest absolute Gasteiger partial charge is 0.481 e. The first-order valence-electron chi connectivity index (χ1n) is 4.91. The summed E-state index contributed by atoms with van der Waals surface area (Å²) in [6.45, 7) is 2.37. The summed E-state index contributed by atoms with van der Waals surface area (Å²) in [5, 5.41) is 12.6. The lowest BCUT2D eigenvalue weighted by Crippen LogP contribution is -2.21. The van der Waals surface area contributed by atoms with Crippen LogP contribution in [-0.4, -0.2) is 17.6 Å². The van der Waals surface area contributed by atoms with E-state index in [1.165, 1.54) is 0 Å². The van der Waals surface area contributed by atoms with Crippen LogP contribution in [0.2, 0.25) is 10.0 Å². The lowest BCUT2D eigenvalue weighted by Gasteiger charge is -2.14. The molecule has 0 saturated carbocycles. The highest BCUT2D eigenvalue weighted by Gasteiger charge is 2.07. The minimum atomic E-state index is -0.811. The van der Waals surface area contributed by atoms with Crippen molar-refractivity contribution in [2.45, 2.75) is 19.4 Å². The van der Waals surface area contributed by atoms with Gasteiger partial charge in [0.05, 0.1) is 16.5 Å². The van der Waals surface area contributed by atoms with Gasteiger partial charge in [-0.15, -0.1) is 0 Å². The molecule has 0 aliphatic rings. The molecule has 0 aliphatic carbocycles. The number of nitrogens with one attached hydrogen (secondary N) is 1. The van der Waals surface area contributed by atoms with Gasteiger partial charge >= 0.3 is 5.97 Å². The molecule has 0 heterocycles. The molecule has 1 aromatic carbocycles. The van der Waals surface area contributed by atoms with Crippen molar-refractivity contribution in [2.24, 2.45) is 0 Å². The van der Waals surface area contributed by atoms with Crippen LogP contribution in [-0.2, 0) is 4.79 Å². The maximum Gasteiger partial charge on any atom is 0.304 e. The van der Waals surface area contributed by atoms with E-state index in [0.29, 0.717) is 16.6 Å². The van der Waals surface area contributed by atoms with Crippen LogP contribution in [0.15, 0.2) is 18.2 Å². The molecule has 0 saturated heterocycles. The quantitative estimate of drug-likeness (QED) is 0.857.